The van der Waals surface area contributed by atoms with Crippen molar-refractivity contribution in [1.82, 2.24) is 20.6 Å². The lowest BCUT2D eigenvalue weighted by molar-refractivity contribution is -0.147. The van der Waals surface area contributed by atoms with Crippen LogP contribution in [0.3, 0.4) is 0 Å². The second-order valence-electron chi connectivity index (χ2n) is 20.1. The number of aromatic nitrogens is 2. The molecule has 1 saturated heterocycles. The lowest BCUT2D eigenvalue weighted by Gasteiger charge is -2.22. The van der Waals surface area contributed by atoms with E-state index in [-0.39, 0.29) is 48.6 Å². The van der Waals surface area contributed by atoms with E-state index in [1.165, 1.54) is 68.8 Å². The number of H-pyrrole nitrogens is 2. The van der Waals surface area contributed by atoms with Crippen LogP contribution in [0.1, 0.15) is 160 Å². The Kier molecular flexibility index (Phi) is 16.3. The fourth-order valence-corrected chi connectivity index (χ4v) is 10.8. The maximum Gasteiger partial charge on any atom is 0.321 e. The van der Waals surface area contributed by atoms with Crippen molar-refractivity contribution in [3.63, 3.8) is 0 Å². The van der Waals surface area contributed by atoms with E-state index < -0.39 is 11.9 Å². The van der Waals surface area contributed by atoms with E-state index in [4.69, 9.17) is 9.47 Å². The van der Waals surface area contributed by atoms with Gasteiger partial charge in [0.25, 0.3) is 0 Å². The van der Waals surface area contributed by atoms with Gasteiger partial charge in [0.15, 0.2) is 5.78 Å². The number of aromatic amines is 2. The van der Waals surface area contributed by atoms with Gasteiger partial charge in [-0.05, 0) is 111 Å². The highest BCUT2D eigenvalue weighted by Gasteiger charge is 2.52. The van der Waals surface area contributed by atoms with Crippen molar-refractivity contribution >= 4 is 42.0 Å². The molecule has 0 aromatic carbocycles. The number of carbonyl (C=O) groups excluding carboxylic acids is 3. The molecule has 7 atom stereocenters. The summed E-state index contributed by atoms with van der Waals surface area (Å²) in [6.07, 6.45) is 23.3. The zero-order valence-electron chi connectivity index (χ0n) is 40.9. The van der Waals surface area contributed by atoms with Gasteiger partial charge in [0.2, 0.25) is 0 Å². The van der Waals surface area contributed by atoms with Gasteiger partial charge < -0.3 is 30.1 Å². The highest BCUT2D eigenvalue weighted by molar-refractivity contribution is 6.16. The van der Waals surface area contributed by atoms with Crippen LogP contribution >= 0.6 is 0 Å². The number of esters is 2. The van der Waals surface area contributed by atoms with Crippen molar-refractivity contribution in [1.29, 1.82) is 0 Å². The van der Waals surface area contributed by atoms with E-state index in [0.717, 1.165) is 81.6 Å². The summed E-state index contributed by atoms with van der Waals surface area (Å²) in [5, 5.41) is 9.38. The number of fused-ring (bicyclic) bond motifs is 7. The van der Waals surface area contributed by atoms with Crippen molar-refractivity contribution in [2.45, 2.75) is 152 Å². The molecule has 2 aromatic rings. The summed E-state index contributed by atoms with van der Waals surface area (Å²) in [6.45, 7) is 26.6. The predicted octanol–water partition coefficient (Wildman–Crippen LogP) is 10.2. The summed E-state index contributed by atoms with van der Waals surface area (Å²) in [5.41, 5.74) is 11.3. The topological polar surface area (TPSA) is 125 Å². The fraction of sp³-hybridized carbons (Fsp3) is 0.582. The zero-order chi connectivity index (χ0) is 46.4. The molecule has 1 aliphatic carbocycles. The van der Waals surface area contributed by atoms with Crippen LogP contribution < -0.4 is 21.3 Å². The summed E-state index contributed by atoms with van der Waals surface area (Å²) >= 11 is 0. The van der Waals surface area contributed by atoms with Gasteiger partial charge in [-0.3, -0.25) is 14.4 Å². The van der Waals surface area contributed by atoms with E-state index in [1.807, 2.05) is 19.1 Å². The molecule has 8 bridgehead atoms. The number of ketones is 1. The molecular weight excluding hydrogens is 797 g/mol. The molecular formula is C55H78N4O5. The number of ether oxygens (including phenoxy) is 2. The molecule has 9 heteroatoms. The van der Waals surface area contributed by atoms with Crippen LogP contribution in [0.5, 0.6) is 0 Å². The molecule has 0 radical (unpaired) electrons. The smallest absolute Gasteiger partial charge is 0.321 e. The minimum Gasteiger partial charge on any atom is -0.468 e. The second kappa shape index (κ2) is 21.5. The number of Topliss-reactive ketones (excluding diaryl/α,β-unsaturated/α-hetero) is 1. The molecule has 2 aromatic heterocycles. The first-order valence-electron chi connectivity index (χ1n) is 24.5. The maximum atomic E-state index is 14.4. The molecule has 3 aliphatic heterocycles. The Bertz CT molecular complexity index is 2330. The Morgan fingerprint density at radius 2 is 1.56 bits per heavy atom. The van der Waals surface area contributed by atoms with Crippen LogP contribution in [0.25, 0.3) is 24.3 Å². The first-order valence-corrected chi connectivity index (χ1v) is 24.5. The lowest BCUT2D eigenvalue weighted by atomic mass is 9.83. The van der Waals surface area contributed by atoms with Gasteiger partial charge in [-0.1, -0.05) is 112 Å². The summed E-state index contributed by atoms with van der Waals surface area (Å²) in [4.78, 5) is 48.9. The Morgan fingerprint density at radius 1 is 0.875 bits per heavy atom. The number of hydrogen-bond acceptors (Lipinski definition) is 7. The van der Waals surface area contributed by atoms with Crippen LogP contribution in [-0.2, 0) is 30.3 Å². The largest absolute Gasteiger partial charge is 0.468 e. The van der Waals surface area contributed by atoms with E-state index in [1.54, 1.807) is 0 Å². The highest BCUT2D eigenvalue weighted by atomic mass is 16.5. The van der Waals surface area contributed by atoms with Crippen LogP contribution in [0, 0.1) is 55.3 Å². The van der Waals surface area contributed by atoms with Crippen molar-refractivity contribution in [3.05, 3.63) is 90.8 Å². The Hall–Kier alpha value is -4.79. The molecule has 348 valence electrons. The Labute approximate surface area is 383 Å². The summed E-state index contributed by atoms with van der Waals surface area (Å²) < 4.78 is 11.1. The number of methoxy groups -OCH3 is 1. The molecule has 4 aliphatic rings. The molecule has 64 heavy (non-hydrogen) atoms. The van der Waals surface area contributed by atoms with Crippen molar-refractivity contribution < 1.29 is 23.9 Å². The Morgan fingerprint density at radius 3 is 2.22 bits per heavy atom. The molecule has 2 unspecified atom stereocenters. The van der Waals surface area contributed by atoms with E-state index >= 15 is 0 Å². The average molecular weight is 875 g/mol. The number of rotatable bonds is 20. The first kappa shape index (κ1) is 48.7. The fourth-order valence-electron chi connectivity index (χ4n) is 10.8. The maximum absolute atomic E-state index is 14.4. The highest BCUT2D eigenvalue weighted by Crippen LogP contribution is 2.49. The summed E-state index contributed by atoms with van der Waals surface area (Å²) in [5.74, 6) is -0.292. The van der Waals surface area contributed by atoms with Gasteiger partial charge in [0.1, 0.15) is 12.5 Å². The van der Waals surface area contributed by atoms with E-state index in [9.17, 15) is 14.4 Å². The van der Waals surface area contributed by atoms with Crippen LogP contribution in [0.15, 0.2) is 46.5 Å². The molecule has 4 N–H and O–H groups in total. The monoisotopic (exact) mass is 875 g/mol. The quantitative estimate of drug-likeness (QED) is 0.0593. The van der Waals surface area contributed by atoms with Crippen molar-refractivity contribution in [2.24, 2.45) is 41.4 Å². The van der Waals surface area contributed by atoms with Gasteiger partial charge in [-0.25, -0.2) is 0 Å². The summed E-state index contributed by atoms with van der Waals surface area (Å²) in [6, 6.07) is -0.173. The van der Waals surface area contributed by atoms with Gasteiger partial charge in [-0.2, -0.15) is 0 Å². The molecule has 0 spiro atoms. The normalized spacial score (nSPS) is 25.5. The van der Waals surface area contributed by atoms with Gasteiger partial charge in [-0.15, -0.1) is 0 Å². The number of nitrogens with one attached hydrogen (secondary N) is 4. The first-order chi connectivity index (χ1) is 30.6. The SMILES string of the molecule is C=Cc1c(C)/c2[nH]/c1=C\c1[nH]c(c(CC)c1C)/C=C1\NC3=C(C(=O)[C@H](C(=O)OC)/C3=C3/NC(\C=2)[C@@H](C)[C@@H]3CCC(=O)OC/C=C(/C)CCC[C@H](C)CCC[C@H](C)CCCC(C)C)C1C. The lowest BCUT2D eigenvalue weighted by Crippen LogP contribution is -2.31. The standard InChI is InChI=1S/C55H78N4O5/c1-13-39-35(8)42-28-44-37(10)41(24-25-48(60)64-27-26-34(7)23-17-22-33(6)21-16-20-32(5)19-15-18-31(3)4)52(58-44)50-51(55(62)63-12)54(61)49-38(11)45(59-53(49)50)30-47-40(14-2)36(9)43(57-47)29-46(39)56-42/h13,26,28-33,37-38,41,44,51,56-59H,1,14-25,27H2,2-12H3/b34-26-,42-28-,45-30-,46-29-,52-50-/t32-,33-,37+,38?,41+,44?,51-/m1/s1. The number of carbonyl (C=O) groups is 3. The number of hydrogen-bond donors (Lipinski definition) is 4. The molecule has 0 amide bonds. The van der Waals surface area contributed by atoms with Gasteiger partial charge in [0, 0.05) is 74.5 Å². The number of allylic oxidation sites excluding steroid dienone is 4. The molecule has 6 rings (SSSR count). The third-order valence-corrected chi connectivity index (χ3v) is 14.9. The van der Waals surface area contributed by atoms with Crippen molar-refractivity contribution in [3.8, 4) is 0 Å². The average Bonchev–Trinajstić information content (AvgIpc) is 3.99. The van der Waals surface area contributed by atoms with Crippen LogP contribution in [-0.4, -0.2) is 47.4 Å². The predicted molar refractivity (Wildman–Crippen MR) is 261 cm³/mol. The van der Waals surface area contributed by atoms with E-state index in [0.29, 0.717) is 23.3 Å². The van der Waals surface area contributed by atoms with Gasteiger partial charge in [0.05, 0.1) is 12.8 Å². The second-order valence-corrected chi connectivity index (χ2v) is 20.1. The van der Waals surface area contributed by atoms with Gasteiger partial charge >= 0.3 is 11.9 Å². The molecule has 0 saturated carbocycles. The molecule has 5 heterocycles. The van der Waals surface area contributed by atoms with E-state index in [2.05, 4.69) is 108 Å². The third kappa shape index (κ3) is 10.7. The summed E-state index contributed by atoms with van der Waals surface area (Å²) in [7, 11) is 1.34. The van der Waals surface area contributed by atoms with Crippen LogP contribution in [0.4, 0.5) is 0 Å². The molecule has 9 nitrogen and oxygen atoms in total. The Balaban J connectivity index is 1.20. The zero-order valence-corrected chi connectivity index (χ0v) is 40.9. The van der Waals surface area contributed by atoms with Crippen molar-refractivity contribution in [2.75, 3.05) is 13.7 Å². The third-order valence-electron chi connectivity index (χ3n) is 14.9. The molecule has 1 fully saturated rings. The van der Waals surface area contributed by atoms with Crippen LogP contribution in [0.2, 0.25) is 0 Å². The minimum absolute atomic E-state index is 0.00253. The minimum atomic E-state index is -1.11.